The summed E-state index contributed by atoms with van der Waals surface area (Å²) in [5.41, 5.74) is 0. The number of hydrogen-bond donors (Lipinski definition) is 3. The second kappa shape index (κ2) is 6.34. The van der Waals surface area contributed by atoms with E-state index in [2.05, 4.69) is 15.6 Å². The zero-order valence-electron chi connectivity index (χ0n) is 9.93. The molecule has 4 nitrogen and oxygen atoms in total. The second-order valence-corrected chi connectivity index (χ2v) is 3.62. The van der Waals surface area contributed by atoms with Crippen molar-refractivity contribution in [2.75, 3.05) is 23.7 Å². The molecule has 0 bridgehead atoms. The van der Waals surface area contributed by atoms with Crippen LogP contribution in [0.2, 0.25) is 0 Å². The first-order valence-corrected chi connectivity index (χ1v) is 5.60. The van der Waals surface area contributed by atoms with E-state index in [1.807, 2.05) is 6.92 Å². The highest BCUT2D eigenvalue weighted by atomic mass is 19.1. The van der Waals surface area contributed by atoms with E-state index < -0.39 is 17.7 Å². The minimum Gasteiger partial charge on any atom is -0.391 e. The Labute approximate surface area is 99.1 Å². The van der Waals surface area contributed by atoms with Crippen LogP contribution in [0.3, 0.4) is 0 Å². The standard InChI is InChI=1S/C11H17F2N3O/c1-3-7(17)6-15-11-9(13)5-8(12)10(16-11)14-4-2/h5,7,17H,3-4,6H2,1-2H3,(H2,14,15,16). The number of rotatable bonds is 6. The molecule has 0 aliphatic heterocycles. The highest BCUT2D eigenvalue weighted by molar-refractivity contribution is 5.47. The van der Waals surface area contributed by atoms with Gasteiger partial charge in [-0.15, -0.1) is 0 Å². The molecular weight excluding hydrogens is 228 g/mol. The van der Waals surface area contributed by atoms with Crippen LogP contribution < -0.4 is 10.6 Å². The highest BCUT2D eigenvalue weighted by Crippen LogP contribution is 2.18. The average Bonchev–Trinajstić information content (AvgIpc) is 2.30. The van der Waals surface area contributed by atoms with Crippen molar-refractivity contribution in [2.45, 2.75) is 26.4 Å². The molecule has 0 aliphatic rings. The lowest BCUT2D eigenvalue weighted by molar-refractivity contribution is 0.183. The number of aromatic nitrogens is 1. The molecule has 0 aliphatic carbocycles. The van der Waals surface area contributed by atoms with Crippen LogP contribution in [-0.2, 0) is 0 Å². The Morgan fingerprint density at radius 3 is 2.35 bits per heavy atom. The normalized spacial score (nSPS) is 12.3. The smallest absolute Gasteiger partial charge is 0.168 e. The van der Waals surface area contributed by atoms with Gasteiger partial charge in [-0.1, -0.05) is 6.92 Å². The maximum Gasteiger partial charge on any atom is 0.168 e. The predicted octanol–water partition coefficient (Wildman–Crippen LogP) is 1.97. The Balaban J connectivity index is 2.80. The van der Waals surface area contributed by atoms with Crippen LogP contribution in [0.5, 0.6) is 0 Å². The number of anilines is 2. The lowest BCUT2D eigenvalue weighted by Crippen LogP contribution is -2.20. The van der Waals surface area contributed by atoms with Crippen LogP contribution in [0.1, 0.15) is 20.3 Å². The van der Waals surface area contributed by atoms with Crippen molar-refractivity contribution in [3.8, 4) is 0 Å². The van der Waals surface area contributed by atoms with Crippen molar-refractivity contribution in [3.05, 3.63) is 17.7 Å². The van der Waals surface area contributed by atoms with Gasteiger partial charge in [-0.05, 0) is 13.3 Å². The van der Waals surface area contributed by atoms with E-state index in [0.717, 1.165) is 6.07 Å². The monoisotopic (exact) mass is 245 g/mol. The van der Waals surface area contributed by atoms with Crippen molar-refractivity contribution in [3.63, 3.8) is 0 Å². The summed E-state index contributed by atoms with van der Waals surface area (Å²) in [5, 5.41) is 14.7. The van der Waals surface area contributed by atoms with E-state index in [9.17, 15) is 13.9 Å². The number of halogens is 2. The first kappa shape index (κ1) is 13.6. The minimum absolute atomic E-state index is 0.00221. The van der Waals surface area contributed by atoms with Crippen molar-refractivity contribution < 1.29 is 13.9 Å². The molecule has 1 rings (SSSR count). The van der Waals surface area contributed by atoms with Gasteiger partial charge in [0.2, 0.25) is 0 Å². The second-order valence-electron chi connectivity index (χ2n) is 3.62. The Morgan fingerprint density at radius 1 is 1.24 bits per heavy atom. The molecule has 3 N–H and O–H groups in total. The Kier molecular flexibility index (Phi) is 5.09. The van der Waals surface area contributed by atoms with Gasteiger partial charge in [-0.3, -0.25) is 0 Å². The van der Waals surface area contributed by atoms with Crippen LogP contribution in [0.4, 0.5) is 20.4 Å². The number of nitrogens with one attached hydrogen (secondary N) is 2. The van der Waals surface area contributed by atoms with E-state index in [1.165, 1.54) is 0 Å². The first-order chi connectivity index (χ1) is 8.08. The fourth-order valence-electron chi connectivity index (χ4n) is 1.24. The molecule has 1 heterocycles. The van der Waals surface area contributed by atoms with Crippen LogP contribution in [0.15, 0.2) is 6.07 Å². The zero-order chi connectivity index (χ0) is 12.8. The van der Waals surface area contributed by atoms with Gasteiger partial charge in [0.05, 0.1) is 6.10 Å². The molecule has 17 heavy (non-hydrogen) atoms. The largest absolute Gasteiger partial charge is 0.391 e. The lowest BCUT2D eigenvalue weighted by atomic mass is 10.3. The molecule has 96 valence electrons. The molecule has 0 saturated carbocycles. The van der Waals surface area contributed by atoms with Crippen molar-refractivity contribution in [1.82, 2.24) is 4.98 Å². The maximum absolute atomic E-state index is 13.4. The van der Waals surface area contributed by atoms with Crippen molar-refractivity contribution in [2.24, 2.45) is 0 Å². The molecule has 0 amide bonds. The van der Waals surface area contributed by atoms with E-state index >= 15 is 0 Å². The fourth-order valence-corrected chi connectivity index (χ4v) is 1.24. The molecule has 0 spiro atoms. The third kappa shape index (κ3) is 3.81. The van der Waals surface area contributed by atoms with Gasteiger partial charge in [0.1, 0.15) is 0 Å². The highest BCUT2D eigenvalue weighted by Gasteiger charge is 2.12. The number of nitrogens with zero attached hydrogens (tertiary/aromatic N) is 1. The third-order valence-corrected chi connectivity index (χ3v) is 2.25. The summed E-state index contributed by atoms with van der Waals surface area (Å²) in [6, 6.07) is 0.769. The van der Waals surface area contributed by atoms with Gasteiger partial charge in [-0.25, -0.2) is 13.8 Å². The lowest BCUT2D eigenvalue weighted by Gasteiger charge is -2.12. The Hall–Kier alpha value is -1.43. The Morgan fingerprint density at radius 2 is 1.82 bits per heavy atom. The summed E-state index contributed by atoms with van der Waals surface area (Å²) in [6.45, 7) is 4.27. The van der Waals surface area contributed by atoms with Crippen molar-refractivity contribution >= 4 is 11.6 Å². The van der Waals surface area contributed by atoms with Crippen molar-refractivity contribution in [1.29, 1.82) is 0 Å². The molecule has 6 heteroatoms. The molecule has 0 fully saturated rings. The number of pyridine rings is 1. The minimum atomic E-state index is -0.771. The molecule has 0 aromatic carbocycles. The van der Waals surface area contributed by atoms with E-state index in [4.69, 9.17) is 0 Å². The maximum atomic E-state index is 13.4. The zero-order valence-corrected chi connectivity index (χ0v) is 9.93. The molecular formula is C11H17F2N3O. The Bertz CT molecular complexity index is 374. The summed E-state index contributed by atoms with van der Waals surface area (Å²) in [4.78, 5) is 3.78. The number of aliphatic hydroxyl groups is 1. The molecule has 1 atom stereocenters. The number of hydrogen-bond acceptors (Lipinski definition) is 4. The van der Waals surface area contributed by atoms with Crippen LogP contribution in [-0.4, -0.2) is 29.3 Å². The quantitative estimate of drug-likeness (QED) is 0.717. The van der Waals surface area contributed by atoms with E-state index in [0.29, 0.717) is 13.0 Å². The van der Waals surface area contributed by atoms with Gasteiger partial charge in [0.25, 0.3) is 0 Å². The predicted molar refractivity (Wildman–Crippen MR) is 63.1 cm³/mol. The molecule has 1 unspecified atom stereocenters. The van der Waals surface area contributed by atoms with Gasteiger partial charge in [0.15, 0.2) is 23.3 Å². The number of aliphatic hydroxyl groups excluding tert-OH is 1. The van der Waals surface area contributed by atoms with Gasteiger partial charge < -0.3 is 15.7 Å². The van der Waals surface area contributed by atoms with E-state index in [1.54, 1.807) is 6.92 Å². The first-order valence-electron chi connectivity index (χ1n) is 5.60. The third-order valence-electron chi connectivity index (χ3n) is 2.25. The molecule has 1 aromatic heterocycles. The van der Waals surface area contributed by atoms with Gasteiger partial charge in [0, 0.05) is 19.2 Å². The molecule has 0 radical (unpaired) electrons. The van der Waals surface area contributed by atoms with Gasteiger partial charge >= 0.3 is 0 Å². The average molecular weight is 245 g/mol. The van der Waals surface area contributed by atoms with Gasteiger partial charge in [-0.2, -0.15) is 0 Å². The summed E-state index contributed by atoms with van der Waals surface area (Å²) >= 11 is 0. The summed E-state index contributed by atoms with van der Waals surface area (Å²) in [7, 11) is 0. The topological polar surface area (TPSA) is 57.2 Å². The van der Waals surface area contributed by atoms with Crippen LogP contribution in [0.25, 0.3) is 0 Å². The van der Waals surface area contributed by atoms with Crippen LogP contribution in [0, 0.1) is 11.6 Å². The summed E-state index contributed by atoms with van der Waals surface area (Å²) in [6.07, 6.45) is -0.0283. The summed E-state index contributed by atoms with van der Waals surface area (Å²) in [5.74, 6) is -1.56. The van der Waals surface area contributed by atoms with Crippen LogP contribution >= 0.6 is 0 Å². The summed E-state index contributed by atoms with van der Waals surface area (Å²) < 4.78 is 26.6. The molecule has 1 aromatic rings. The van der Waals surface area contributed by atoms with E-state index in [-0.39, 0.29) is 18.2 Å². The SMILES string of the molecule is CCNc1nc(NCC(O)CC)c(F)cc1F. The molecule has 0 saturated heterocycles. The fraction of sp³-hybridized carbons (Fsp3) is 0.545.